The summed E-state index contributed by atoms with van der Waals surface area (Å²) in [5.74, 6) is -1.45. The van der Waals surface area contributed by atoms with E-state index in [0.717, 1.165) is 5.56 Å². The highest BCUT2D eigenvalue weighted by molar-refractivity contribution is 6.37. The molecule has 0 bridgehead atoms. The van der Waals surface area contributed by atoms with Crippen molar-refractivity contribution in [3.05, 3.63) is 68.2 Å². The molecule has 0 saturated carbocycles. The summed E-state index contributed by atoms with van der Waals surface area (Å²) in [6.07, 6.45) is 0. The minimum atomic E-state index is -1.06. The van der Waals surface area contributed by atoms with E-state index in [1.807, 2.05) is 13.0 Å². The van der Waals surface area contributed by atoms with Gasteiger partial charge in [-0.15, -0.1) is 0 Å². The van der Waals surface area contributed by atoms with Gasteiger partial charge in [0.05, 0.1) is 6.07 Å². The summed E-state index contributed by atoms with van der Waals surface area (Å²) in [4.78, 5) is 12.5. The van der Waals surface area contributed by atoms with Gasteiger partial charge in [-0.2, -0.15) is 5.26 Å². The Morgan fingerprint density at radius 1 is 1.10 bits per heavy atom. The number of rotatable bonds is 3. The Morgan fingerprint density at radius 2 is 1.71 bits per heavy atom. The first kappa shape index (κ1) is 15.9. The van der Waals surface area contributed by atoms with Gasteiger partial charge in [-0.3, -0.25) is 4.79 Å². The fourth-order valence-electron chi connectivity index (χ4n) is 1.95. The van der Waals surface area contributed by atoms with Crippen molar-refractivity contribution >= 4 is 40.6 Å². The lowest BCUT2D eigenvalue weighted by Crippen LogP contribution is -2.12. The van der Waals surface area contributed by atoms with Gasteiger partial charge >= 0.3 is 0 Å². The van der Waals surface area contributed by atoms with Gasteiger partial charge in [-0.05, 0) is 30.7 Å². The summed E-state index contributed by atoms with van der Waals surface area (Å²) in [6, 6.07) is 11.8. The Bertz CT molecular complexity index is 729. The molecule has 106 valence electrons. The van der Waals surface area contributed by atoms with E-state index in [-0.39, 0.29) is 5.78 Å². The number of halogens is 3. The number of Topliss-reactive ketones (excluding diaryl/α,β-unsaturated/α-hetero) is 1. The molecule has 0 spiro atoms. The number of aryl methyl sites for hydroxylation is 1. The topological polar surface area (TPSA) is 40.9 Å². The Labute approximate surface area is 137 Å². The summed E-state index contributed by atoms with van der Waals surface area (Å²) in [7, 11) is 0. The Morgan fingerprint density at radius 3 is 2.24 bits per heavy atom. The van der Waals surface area contributed by atoms with Crippen molar-refractivity contribution in [3.63, 3.8) is 0 Å². The fourth-order valence-corrected chi connectivity index (χ4v) is 2.75. The number of ketones is 1. The van der Waals surface area contributed by atoms with Crippen LogP contribution in [0.4, 0.5) is 0 Å². The SMILES string of the molecule is Cc1ccc(C(=O)C(C#N)c2c(Cl)cccc2Cl)cc1Cl. The van der Waals surface area contributed by atoms with E-state index in [4.69, 9.17) is 34.8 Å². The van der Waals surface area contributed by atoms with E-state index in [0.29, 0.717) is 26.2 Å². The maximum atomic E-state index is 12.5. The summed E-state index contributed by atoms with van der Waals surface area (Å²) in [6.45, 7) is 1.84. The van der Waals surface area contributed by atoms with Crippen LogP contribution in [0.2, 0.25) is 15.1 Å². The zero-order chi connectivity index (χ0) is 15.6. The minimum Gasteiger partial charge on any atom is -0.292 e. The number of hydrogen-bond donors (Lipinski definition) is 0. The highest BCUT2D eigenvalue weighted by Gasteiger charge is 2.26. The largest absolute Gasteiger partial charge is 0.292 e. The third-order valence-electron chi connectivity index (χ3n) is 3.14. The molecule has 21 heavy (non-hydrogen) atoms. The number of nitrogens with zero attached hydrogens (tertiary/aromatic N) is 1. The van der Waals surface area contributed by atoms with Crippen molar-refractivity contribution in [1.82, 2.24) is 0 Å². The molecule has 0 heterocycles. The van der Waals surface area contributed by atoms with Crippen LogP contribution in [-0.4, -0.2) is 5.78 Å². The van der Waals surface area contributed by atoms with Crippen LogP contribution in [0.25, 0.3) is 0 Å². The van der Waals surface area contributed by atoms with Crippen molar-refractivity contribution in [2.75, 3.05) is 0 Å². The predicted octanol–water partition coefficient (Wildman–Crippen LogP) is 5.45. The quantitative estimate of drug-likeness (QED) is 0.699. The van der Waals surface area contributed by atoms with Gasteiger partial charge in [-0.25, -0.2) is 0 Å². The van der Waals surface area contributed by atoms with Gasteiger partial charge in [0.2, 0.25) is 0 Å². The summed E-state index contributed by atoms with van der Waals surface area (Å²) in [5.41, 5.74) is 1.54. The number of benzene rings is 2. The van der Waals surface area contributed by atoms with Crippen LogP contribution < -0.4 is 0 Å². The van der Waals surface area contributed by atoms with Crippen LogP contribution in [0.3, 0.4) is 0 Å². The second-order valence-corrected chi connectivity index (χ2v) is 5.75. The third kappa shape index (κ3) is 3.22. The molecular formula is C16H10Cl3NO. The number of hydrogen-bond acceptors (Lipinski definition) is 2. The zero-order valence-corrected chi connectivity index (χ0v) is 13.3. The Hall–Kier alpha value is -1.53. The van der Waals surface area contributed by atoms with Gasteiger partial charge in [0.25, 0.3) is 0 Å². The molecule has 1 atom stereocenters. The normalized spacial score (nSPS) is 11.8. The summed E-state index contributed by atoms with van der Waals surface area (Å²) in [5, 5.41) is 10.4. The van der Waals surface area contributed by atoms with Gasteiger partial charge in [0.15, 0.2) is 5.78 Å². The fraction of sp³-hybridized carbons (Fsp3) is 0.125. The van der Waals surface area contributed by atoms with Gasteiger partial charge in [0.1, 0.15) is 5.92 Å². The average Bonchev–Trinajstić information content (AvgIpc) is 2.45. The molecule has 0 aliphatic rings. The van der Waals surface area contributed by atoms with E-state index in [1.165, 1.54) is 0 Å². The molecule has 0 amide bonds. The van der Waals surface area contributed by atoms with E-state index in [9.17, 15) is 10.1 Å². The van der Waals surface area contributed by atoms with Crippen LogP contribution in [0.15, 0.2) is 36.4 Å². The average molecular weight is 339 g/mol. The molecule has 0 fully saturated rings. The molecular weight excluding hydrogens is 329 g/mol. The molecule has 2 nitrogen and oxygen atoms in total. The molecule has 2 aromatic rings. The van der Waals surface area contributed by atoms with Crippen molar-refractivity contribution in [2.24, 2.45) is 0 Å². The van der Waals surface area contributed by atoms with E-state index in [1.54, 1.807) is 36.4 Å². The van der Waals surface area contributed by atoms with Crippen LogP contribution in [0, 0.1) is 18.3 Å². The Kier molecular flexibility index (Phi) is 4.90. The number of carbonyl (C=O) groups is 1. The van der Waals surface area contributed by atoms with Crippen LogP contribution in [0.1, 0.15) is 27.4 Å². The minimum absolute atomic E-state index is 0.292. The highest BCUT2D eigenvalue weighted by atomic mass is 35.5. The van der Waals surface area contributed by atoms with Crippen LogP contribution in [-0.2, 0) is 0 Å². The van der Waals surface area contributed by atoms with Gasteiger partial charge in [-0.1, -0.05) is 53.0 Å². The van der Waals surface area contributed by atoms with Crippen LogP contribution >= 0.6 is 34.8 Å². The van der Waals surface area contributed by atoms with Crippen molar-refractivity contribution < 1.29 is 4.79 Å². The van der Waals surface area contributed by atoms with Crippen molar-refractivity contribution in [1.29, 1.82) is 5.26 Å². The third-order valence-corrected chi connectivity index (χ3v) is 4.20. The van der Waals surface area contributed by atoms with E-state index in [2.05, 4.69) is 0 Å². The Balaban J connectivity index is 2.49. The molecule has 0 aliphatic carbocycles. The van der Waals surface area contributed by atoms with E-state index < -0.39 is 5.92 Å². The lowest BCUT2D eigenvalue weighted by molar-refractivity contribution is 0.0979. The predicted molar refractivity (Wildman–Crippen MR) is 85.3 cm³/mol. The summed E-state index contributed by atoms with van der Waals surface area (Å²) < 4.78 is 0. The monoisotopic (exact) mass is 337 g/mol. The molecule has 1 unspecified atom stereocenters. The zero-order valence-electron chi connectivity index (χ0n) is 11.0. The molecule has 0 saturated heterocycles. The molecule has 0 radical (unpaired) electrons. The maximum absolute atomic E-state index is 12.5. The molecule has 5 heteroatoms. The molecule has 2 rings (SSSR count). The molecule has 2 aromatic carbocycles. The summed E-state index contributed by atoms with van der Waals surface area (Å²) >= 11 is 18.2. The number of nitriles is 1. The lowest BCUT2D eigenvalue weighted by atomic mass is 9.91. The van der Waals surface area contributed by atoms with Crippen molar-refractivity contribution in [3.8, 4) is 6.07 Å². The number of carbonyl (C=O) groups excluding carboxylic acids is 1. The highest BCUT2D eigenvalue weighted by Crippen LogP contribution is 2.33. The first-order valence-electron chi connectivity index (χ1n) is 6.09. The van der Waals surface area contributed by atoms with Gasteiger partial charge in [0, 0.05) is 26.2 Å². The second kappa shape index (κ2) is 6.49. The van der Waals surface area contributed by atoms with E-state index >= 15 is 0 Å². The van der Waals surface area contributed by atoms with Crippen LogP contribution in [0.5, 0.6) is 0 Å². The standard InChI is InChI=1S/C16H10Cl3NO/c1-9-5-6-10(7-14(9)19)16(21)11(8-20)15-12(17)3-2-4-13(15)18/h2-7,11H,1H3. The molecule has 0 aliphatic heterocycles. The van der Waals surface area contributed by atoms with Gasteiger partial charge < -0.3 is 0 Å². The smallest absolute Gasteiger partial charge is 0.184 e. The molecule has 0 N–H and O–H groups in total. The maximum Gasteiger partial charge on any atom is 0.184 e. The first-order chi connectivity index (χ1) is 9.95. The molecule has 0 aromatic heterocycles. The lowest BCUT2D eigenvalue weighted by Gasteiger charge is -2.13. The second-order valence-electron chi connectivity index (χ2n) is 4.53. The first-order valence-corrected chi connectivity index (χ1v) is 7.23. The van der Waals surface area contributed by atoms with Crippen molar-refractivity contribution in [2.45, 2.75) is 12.8 Å².